The molecule has 0 aromatic rings. The molecule has 16 heavy (non-hydrogen) atoms. The van der Waals surface area contributed by atoms with Crippen LogP contribution in [0.5, 0.6) is 0 Å². The van der Waals surface area contributed by atoms with Gasteiger partial charge in [-0.05, 0) is 17.3 Å². The predicted molar refractivity (Wildman–Crippen MR) is 63.5 cm³/mol. The van der Waals surface area contributed by atoms with Gasteiger partial charge in [-0.25, -0.2) is 0 Å². The van der Waals surface area contributed by atoms with Crippen LogP contribution in [0.3, 0.4) is 0 Å². The predicted octanol–water partition coefficient (Wildman–Crippen LogP) is 2.48. The van der Waals surface area contributed by atoms with E-state index >= 15 is 0 Å². The number of amides is 1. The fraction of sp³-hybridized carbons (Fsp3) is 0.846. The van der Waals surface area contributed by atoms with Crippen LogP contribution in [0.15, 0.2) is 0 Å². The third-order valence-electron chi connectivity index (χ3n) is 4.46. The molecular formula is C13H22N2O. The Morgan fingerprint density at radius 2 is 1.88 bits per heavy atom. The van der Waals surface area contributed by atoms with Crippen molar-refractivity contribution in [1.29, 1.82) is 5.26 Å². The highest BCUT2D eigenvalue weighted by molar-refractivity contribution is 5.84. The average molecular weight is 222 g/mol. The standard InChI is InChI=1S/C13H22N2O/c1-6-9(7-8-14)15-11(16)10-12(2,3)13(10,4)5/h9-10H,6-7H2,1-5H3,(H,15,16). The van der Waals surface area contributed by atoms with Crippen molar-refractivity contribution in [2.45, 2.75) is 53.5 Å². The number of nitrogens with one attached hydrogen (secondary N) is 1. The van der Waals surface area contributed by atoms with Gasteiger partial charge in [0.2, 0.25) is 5.91 Å². The van der Waals surface area contributed by atoms with E-state index in [0.29, 0.717) is 6.42 Å². The van der Waals surface area contributed by atoms with E-state index in [0.717, 1.165) is 6.42 Å². The zero-order chi connectivity index (χ0) is 12.6. The highest BCUT2D eigenvalue weighted by atomic mass is 16.2. The maximum Gasteiger partial charge on any atom is 0.224 e. The molecule has 1 atom stereocenters. The molecule has 1 amide bonds. The molecule has 1 aliphatic rings. The quantitative estimate of drug-likeness (QED) is 0.794. The van der Waals surface area contributed by atoms with Gasteiger partial charge in [-0.2, -0.15) is 5.26 Å². The summed E-state index contributed by atoms with van der Waals surface area (Å²) in [5.74, 6) is 0.185. The minimum atomic E-state index is 0.00435. The molecule has 1 saturated carbocycles. The summed E-state index contributed by atoms with van der Waals surface area (Å²) >= 11 is 0. The zero-order valence-corrected chi connectivity index (χ0v) is 10.9. The second-order valence-electron chi connectivity index (χ2n) is 5.85. The summed E-state index contributed by atoms with van der Waals surface area (Å²) < 4.78 is 0. The molecular weight excluding hydrogens is 200 g/mol. The summed E-state index contributed by atoms with van der Waals surface area (Å²) in [5, 5.41) is 11.6. The first-order chi connectivity index (χ1) is 7.29. The van der Waals surface area contributed by atoms with Crippen LogP contribution < -0.4 is 5.32 Å². The van der Waals surface area contributed by atoms with E-state index in [9.17, 15) is 4.79 Å². The molecule has 0 spiro atoms. The van der Waals surface area contributed by atoms with Gasteiger partial charge in [-0.1, -0.05) is 34.6 Å². The van der Waals surface area contributed by atoms with Crippen molar-refractivity contribution in [2.75, 3.05) is 0 Å². The van der Waals surface area contributed by atoms with Crippen molar-refractivity contribution in [3.8, 4) is 6.07 Å². The van der Waals surface area contributed by atoms with Gasteiger partial charge >= 0.3 is 0 Å². The van der Waals surface area contributed by atoms with Crippen molar-refractivity contribution in [2.24, 2.45) is 16.7 Å². The monoisotopic (exact) mass is 222 g/mol. The van der Waals surface area contributed by atoms with Crippen molar-refractivity contribution in [1.82, 2.24) is 5.32 Å². The number of nitrogens with zero attached hydrogens (tertiary/aromatic N) is 1. The highest BCUT2D eigenvalue weighted by Gasteiger charge is 2.68. The number of nitriles is 1. The van der Waals surface area contributed by atoms with Crippen molar-refractivity contribution in [3.05, 3.63) is 0 Å². The van der Waals surface area contributed by atoms with Gasteiger partial charge in [-0.15, -0.1) is 0 Å². The topological polar surface area (TPSA) is 52.9 Å². The van der Waals surface area contributed by atoms with E-state index in [2.05, 4.69) is 39.1 Å². The van der Waals surface area contributed by atoms with Crippen LogP contribution in [0.1, 0.15) is 47.5 Å². The molecule has 0 radical (unpaired) electrons. The Morgan fingerprint density at radius 3 is 2.19 bits per heavy atom. The molecule has 0 saturated heterocycles. The lowest BCUT2D eigenvalue weighted by molar-refractivity contribution is -0.124. The second kappa shape index (κ2) is 4.08. The van der Waals surface area contributed by atoms with E-state index in [-0.39, 0.29) is 28.7 Å². The van der Waals surface area contributed by atoms with Crippen LogP contribution in [-0.4, -0.2) is 11.9 Å². The summed E-state index contributed by atoms with van der Waals surface area (Å²) in [7, 11) is 0. The van der Waals surface area contributed by atoms with Crippen molar-refractivity contribution in [3.63, 3.8) is 0 Å². The van der Waals surface area contributed by atoms with Crippen LogP contribution in [0.25, 0.3) is 0 Å². The Labute approximate surface area is 98.2 Å². The Morgan fingerprint density at radius 1 is 1.38 bits per heavy atom. The molecule has 0 aliphatic heterocycles. The summed E-state index contributed by atoms with van der Waals surface area (Å²) in [4.78, 5) is 12.1. The minimum Gasteiger partial charge on any atom is -0.352 e. The van der Waals surface area contributed by atoms with E-state index in [1.54, 1.807) is 0 Å². The lowest BCUT2D eigenvalue weighted by Gasteiger charge is -2.14. The molecule has 0 bridgehead atoms. The van der Waals surface area contributed by atoms with Gasteiger partial charge in [0.25, 0.3) is 0 Å². The first-order valence-corrected chi connectivity index (χ1v) is 5.96. The van der Waals surface area contributed by atoms with Crippen LogP contribution in [0.4, 0.5) is 0 Å². The fourth-order valence-electron chi connectivity index (χ4n) is 2.54. The molecule has 1 unspecified atom stereocenters. The molecule has 1 aliphatic carbocycles. The number of hydrogen-bond acceptors (Lipinski definition) is 2. The maximum absolute atomic E-state index is 12.1. The summed E-state index contributed by atoms with van der Waals surface area (Å²) in [6.07, 6.45) is 1.21. The Bertz CT molecular complexity index is 311. The first kappa shape index (κ1) is 13.0. The lowest BCUT2D eigenvalue weighted by Crippen LogP contribution is -2.36. The van der Waals surface area contributed by atoms with Crippen molar-refractivity contribution < 1.29 is 4.79 Å². The van der Waals surface area contributed by atoms with Gasteiger partial charge in [0.05, 0.1) is 12.5 Å². The zero-order valence-electron chi connectivity index (χ0n) is 10.9. The molecule has 3 nitrogen and oxygen atoms in total. The normalized spacial score (nSPS) is 23.2. The maximum atomic E-state index is 12.1. The van der Waals surface area contributed by atoms with Gasteiger partial charge in [0.1, 0.15) is 0 Å². The van der Waals surface area contributed by atoms with E-state index in [1.165, 1.54) is 0 Å². The molecule has 3 heteroatoms. The van der Waals surface area contributed by atoms with Crippen molar-refractivity contribution >= 4 is 5.91 Å². The first-order valence-electron chi connectivity index (χ1n) is 5.96. The van der Waals surface area contributed by atoms with Crippen LogP contribution in [-0.2, 0) is 4.79 Å². The molecule has 90 valence electrons. The summed E-state index contributed by atoms with van der Waals surface area (Å²) in [5.41, 5.74) is 0.143. The van der Waals surface area contributed by atoms with Crippen LogP contribution in [0, 0.1) is 28.1 Å². The van der Waals surface area contributed by atoms with Gasteiger partial charge in [0, 0.05) is 12.0 Å². The Kier molecular flexibility index (Phi) is 3.33. The van der Waals surface area contributed by atoms with Crippen LogP contribution in [0.2, 0.25) is 0 Å². The molecule has 1 rings (SSSR count). The summed E-state index contributed by atoms with van der Waals surface area (Å²) in [6, 6.07) is 2.11. The van der Waals surface area contributed by atoms with E-state index < -0.39 is 0 Å². The van der Waals surface area contributed by atoms with Gasteiger partial charge in [0.15, 0.2) is 0 Å². The molecule has 0 aromatic heterocycles. The average Bonchev–Trinajstić information content (AvgIpc) is 2.56. The van der Waals surface area contributed by atoms with E-state index in [1.807, 2.05) is 6.92 Å². The SMILES string of the molecule is CCC(CC#N)NC(=O)C1C(C)(C)C1(C)C. The lowest BCUT2D eigenvalue weighted by atomic mass is 10.0. The number of rotatable bonds is 4. The number of carbonyl (C=O) groups excluding carboxylic acids is 1. The largest absolute Gasteiger partial charge is 0.352 e. The fourth-order valence-corrected chi connectivity index (χ4v) is 2.54. The third-order valence-corrected chi connectivity index (χ3v) is 4.46. The molecule has 0 heterocycles. The molecule has 1 N–H and O–H groups in total. The highest BCUT2D eigenvalue weighted by Crippen LogP contribution is 2.68. The molecule has 0 aromatic carbocycles. The van der Waals surface area contributed by atoms with Crippen LogP contribution >= 0.6 is 0 Å². The smallest absolute Gasteiger partial charge is 0.224 e. The van der Waals surface area contributed by atoms with Gasteiger partial charge in [-0.3, -0.25) is 4.79 Å². The second-order valence-corrected chi connectivity index (χ2v) is 5.85. The third kappa shape index (κ3) is 1.93. The number of carbonyl (C=O) groups is 1. The van der Waals surface area contributed by atoms with Gasteiger partial charge < -0.3 is 5.32 Å². The molecule has 1 fully saturated rings. The Balaban J connectivity index is 2.59. The van der Waals surface area contributed by atoms with E-state index in [4.69, 9.17) is 5.26 Å². The summed E-state index contributed by atoms with van der Waals surface area (Å²) in [6.45, 7) is 10.5. The Hall–Kier alpha value is -1.04. The minimum absolute atomic E-state index is 0.00435. The number of hydrogen-bond donors (Lipinski definition) is 1.